The van der Waals surface area contributed by atoms with Gasteiger partial charge < -0.3 is 4.90 Å². The van der Waals surface area contributed by atoms with Gasteiger partial charge in [0, 0.05) is 6.54 Å². The van der Waals surface area contributed by atoms with Crippen molar-refractivity contribution in [2.24, 2.45) is 5.41 Å². The van der Waals surface area contributed by atoms with E-state index < -0.39 is 6.43 Å². The average molecular weight is 165 g/mol. The van der Waals surface area contributed by atoms with Crippen LogP contribution in [0.2, 0.25) is 0 Å². The smallest absolute Gasteiger partial charge is 0.251 e. The lowest BCUT2D eigenvalue weighted by atomic mass is 9.96. The Morgan fingerprint density at radius 3 is 2.00 bits per heavy atom. The summed E-state index contributed by atoms with van der Waals surface area (Å²) in [5.74, 6) is 0. The fourth-order valence-electron chi connectivity index (χ4n) is 1.11. The molecule has 0 fully saturated rings. The highest BCUT2D eigenvalue weighted by molar-refractivity contribution is 4.66. The Morgan fingerprint density at radius 1 is 1.27 bits per heavy atom. The number of hydrogen-bond acceptors (Lipinski definition) is 1. The Kier molecular flexibility index (Phi) is 3.93. The van der Waals surface area contributed by atoms with Crippen LogP contribution in [0.4, 0.5) is 8.78 Å². The lowest BCUT2D eigenvalue weighted by Gasteiger charge is -2.25. The van der Waals surface area contributed by atoms with Crippen molar-refractivity contribution in [1.82, 2.24) is 4.90 Å². The van der Waals surface area contributed by atoms with Crippen LogP contribution >= 0.6 is 0 Å². The number of rotatable bonds is 3. The van der Waals surface area contributed by atoms with Gasteiger partial charge in [-0.05, 0) is 12.5 Å². The van der Waals surface area contributed by atoms with Gasteiger partial charge >= 0.3 is 0 Å². The summed E-state index contributed by atoms with van der Waals surface area (Å²) in [6, 6.07) is 0. The third kappa shape index (κ3) is 7.72. The Morgan fingerprint density at radius 2 is 1.73 bits per heavy atom. The second kappa shape index (κ2) is 4.00. The summed E-state index contributed by atoms with van der Waals surface area (Å²) in [6.45, 7) is 6.69. The molecule has 3 heteroatoms. The molecule has 1 nitrogen and oxygen atoms in total. The first-order chi connectivity index (χ1) is 4.81. The summed E-state index contributed by atoms with van der Waals surface area (Å²) < 4.78 is 23.6. The van der Waals surface area contributed by atoms with E-state index in [4.69, 9.17) is 0 Å². The van der Waals surface area contributed by atoms with Crippen molar-refractivity contribution in [3.8, 4) is 0 Å². The predicted octanol–water partition coefficient (Wildman–Crippen LogP) is 2.23. The van der Waals surface area contributed by atoms with E-state index in [-0.39, 0.29) is 12.0 Å². The van der Waals surface area contributed by atoms with Gasteiger partial charge in [0.15, 0.2) is 0 Å². The van der Waals surface area contributed by atoms with Crippen LogP contribution in [0.5, 0.6) is 0 Å². The highest BCUT2D eigenvalue weighted by atomic mass is 19.3. The van der Waals surface area contributed by atoms with Crippen molar-refractivity contribution in [3.63, 3.8) is 0 Å². The van der Waals surface area contributed by atoms with Crippen LogP contribution in [0.25, 0.3) is 0 Å². The average Bonchev–Trinajstić information content (AvgIpc) is 1.53. The molecule has 0 atom stereocenters. The first kappa shape index (κ1) is 10.8. The van der Waals surface area contributed by atoms with E-state index in [9.17, 15) is 8.78 Å². The van der Waals surface area contributed by atoms with Crippen LogP contribution < -0.4 is 0 Å². The van der Waals surface area contributed by atoms with E-state index in [1.165, 1.54) is 0 Å². The fraction of sp³-hybridized carbons (Fsp3) is 1.00. The zero-order valence-corrected chi connectivity index (χ0v) is 7.69. The summed E-state index contributed by atoms with van der Waals surface area (Å²) in [6.07, 6.45) is -2.22. The molecule has 0 aliphatic carbocycles. The van der Waals surface area contributed by atoms with Crippen molar-refractivity contribution >= 4 is 0 Å². The summed E-state index contributed by atoms with van der Waals surface area (Å²) in [5.41, 5.74) is 0.101. The van der Waals surface area contributed by atoms with Crippen LogP contribution in [0.1, 0.15) is 20.8 Å². The van der Waals surface area contributed by atoms with Crippen LogP contribution in [0.3, 0.4) is 0 Å². The topological polar surface area (TPSA) is 3.24 Å². The number of hydrogen-bond donors (Lipinski definition) is 0. The highest BCUT2D eigenvalue weighted by Gasteiger charge is 2.15. The molecule has 0 bridgehead atoms. The minimum absolute atomic E-state index is 0.101. The first-order valence-corrected chi connectivity index (χ1v) is 3.78. The molecule has 0 aliphatic rings. The molecule has 0 saturated carbocycles. The summed E-state index contributed by atoms with van der Waals surface area (Å²) >= 11 is 0. The Balaban J connectivity index is 3.61. The summed E-state index contributed by atoms with van der Waals surface area (Å²) in [4.78, 5) is 1.66. The van der Waals surface area contributed by atoms with E-state index in [2.05, 4.69) is 0 Å². The molecule has 0 spiro atoms. The Hall–Kier alpha value is -0.180. The second-order valence-corrected chi connectivity index (χ2v) is 4.15. The SMILES string of the molecule is CN(CC(F)F)CC(C)(C)C. The largest absolute Gasteiger partial charge is 0.300 e. The van der Waals surface area contributed by atoms with Gasteiger partial charge in [-0.15, -0.1) is 0 Å². The molecule has 0 aromatic heterocycles. The molecule has 68 valence electrons. The van der Waals surface area contributed by atoms with E-state index in [0.717, 1.165) is 0 Å². The van der Waals surface area contributed by atoms with Crippen molar-refractivity contribution in [3.05, 3.63) is 0 Å². The lowest BCUT2D eigenvalue weighted by Crippen LogP contribution is -2.32. The van der Waals surface area contributed by atoms with Gasteiger partial charge in [0.1, 0.15) is 0 Å². The van der Waals surface area contributed by atoms with Crippen LogP contribution in [-0.4, -0.2) is 31.5 Å². The molecule has 0 N–H and O–H groups in total. The minimum Gasteiger partial charge on any atom is -0.300 e. The normalized spacial score (nSPS) is 13.1. The van der Waals surface area contributed by atoms with Crippen molar-refractivity contribution in [2.75, 3.05) is 20.1 Å². The van der Waals surface area contributed by atoms with Crippen LogP contribution in [0, 0.1) is 5.41 Å². The van der Waals surface area contributed by atoms with Gasteiger partial charge in [0.25, 0.3) is 6.43 Å². The predicted molar refractivity (Wildman–Crippen MR) is 43.0 cm³/mol. The van der Waals surface area contributed by atoms with Gasteiger partial charge in [0.2, 0.25) is 0 Å². The van der Waals surface area contributed by atoms with E-state index in [1.54, 1.807) is 11.9 Å². The van der Waals surface area contributed by atoms with E-state index >= 15 is 0 Å². The maximum atomic E-state index is 11.8. The maximum Gasteiger partial charge on any atom is 0.251 e. The second-order valence-electron chi connectivity index (χ2n) is 4.15. The van der Waals surface area contributed by atoms with Gasteiger partial charge in [-0.2, -0.15) is 0 Å². The number of nitrogens with zero attached hydrogens (tertiary/aromatic N) is 1. The van der Waals surface area contributed by atoms with Crippen LogP contribution in [-0.2, 0) is 0 Å². The Bertz CT molecular complexity index is 107. The molecule has 0 aliphatic heterocycles. The molecule has 0 unspecified atom stereocenters. The third-order valence-electron chi connectivity index (χ3n) is 1.19. The van der Waals surface area contributed by atoms with Gasteiger partial charge in [-0.1, -0.05) is 20.8 Å². The van der Waals surface area contributed by atoms with Crippen LogP contribution in [0.15, 0.2) is 0 Å². The molecule has 0 radical (unpaired) electrons. The van der Waals surface area contributed by atoms with Crippen molar-refractivity contribution in [2.45, 2.75) is 27.2 Å². The molecule has 0 saturated heterocycles. The summed E-state index contributed by atoms with van der Waals surface area (Å²) in [5, 5.41) is 0. The van der Waals surface area contributed by atoms with E-state index in [0.29, 0.717) is 6.54 Å². The highest BCUT2D eigenvalue weighted by Crippen LogP contribution is 2.14. The zero-order chi connectivity index (χ0) is 9.07. The zero-order valence-electron chi connectivity index (χ0n) is 7.69. The molecular weight excluding hydrogens is 148 g/mol. The van der Waals surface area contributed by atoms with Gasteiger partial charge in [0.05, 0.1) is 6.54 Å². The molecule has 0 rings (SSSR count). The number of alkyl halides is 2. The minimum atomic E-state index is -2.22. The lowest BCUT2D eigenvalue weighted by molar-refractivity contribution is 0.0855. The quantitative estimate of drug-likeness (QED) is 0.620. The summed E-state index contributed by atoms with van der Waals surface area (Å²) in [7, 11) is 1.72. The standard InChI is InChI=1S/C8H17F2N/c1-8(2,3)6-11(4)5-7(9)10/h7H,5-6H2,1-4H3. The number of halogens is 2. The molecule has 0 aromatic rings. The molecule has 11 heavy (non-hydrogen) atoms. The van der Waals surface area contributed by atoms with Gasteiger partial charge in [-0.25, -0.2) is 8.78 Å². The molecule has 0 aromatic carbocycles. The molecular formula is C8H17F2N. The maximum absolute atomic E-state index is 11.8. The van der Waals surface area contributed by atoms with Gasteiger partial charge in [-0.3, -0.25) is 0 Å². The van der Waals surface area contributed by atoms with Crippen molar-refractivity contribution < 1.29 is 8.78 Å². The molecule has 0 amide bonds. The monoisotopic (exact) mass is 165 g/mol. The first-order valence-electron chi connectivity index (χ1n) is 3.78. The van der Waals surface area contributed by atoms with Crippen molar-refractivity contribution in [1.29, 1.82) is 0 Å². The molecule has 0 heterocycles. The third-order valence-corrected chi connectivity index (χ3v) is 1.19. The Labute approximate surface area is 67.4 Å². The fourth-order valence-corrected chi connectivity index (χ4v) is 1.11. The van der Waals surface area contributed by atoms with E-state index in [1.807, 2.05) is 20.8 Å².